The Morgan fingerprint density at radius 3 is 2.48 bits per heavy atom. The molecule has 1 amide bonds. The van der Waals surface area contributed by atoms with Crippen LogP contribution in [0.5, 0.6) is 0 Å². The second-order valence-electron chi connectivity index (χ2n) is 7.02. The highest BCUT2D eigenvalue weighted by Gasteiger charge is 2.23. The molecule has 0 heterocycles. The fourth-order valence-electron chi connectivity index (χ4n) is 2.95. The highest BCUT2D eigenvalue weighted by molar-refractivity contribution is 7.89. The van der Waals surface area contributed by atoms with Gasteiger partial charge in [0.15, 0.2) is 6.10 Å². The monoisotopic (exact) mass is 396 g/mol. The number of aryl methyl sites for hydroxylation is 2. The van der Waals surface area contributed by atoms with Gasteiger partial charge < -0.3 is 10.1 Å². The number of nitrogens with one attached hydrogen (secondary N) is 2. The molecule has 0 aromatic heterocycles. The normalized spacial score (nSPS) is 16.1. The first-order valence-electron chi connectivity index (χ1n) is 9.26. The number of esters is 1. The predicted octanol–water partition coefficient (Wildman–Crippen LogP) is 1.96. The summed E-state index contributed by atoms with van der Waals surface area (Å²) in [7, 11) is -3.69. The minimum atomic E-state index is -3.69. The van der Waals surface area contributed by atoms with Crippen LogP contribution in [0.2, 0.25) is 0 Å². The summed E-state index contributed by atoms with van der Waals surface area (Å²) >= 11 is 0. The first-order valence-corrected chi connectivity index (χ1v) is 10.7. The minimum absolute atomic E-state index is 0.0922. The predicted molar refractivity (Wildman–Crippen MR) is 102 cm³/mol. The molecule has 2 N–H and O–H groups in total. The van der Waals surface area contributed by atoms with E-state index in [9.17, 15) is 18.0 Å². The van der Waals surface area contributed by atoms with Gasteiger partial charge in [-0.2, -0.15) is 0 Å². The molecule has 1 saturated carbocycles. The second-order valence-corrected chi connectivity index (χ2v) is 8.78. The average molecular weight is 397 g/mol. The summed E-state index contributed by atoms with van der Waals surface area (Å²) in [5.41, 5.74) is 1.88. The highest BCUT2D eigenvalue weighted by atomic mass is 32.2. The minimum Gasteiger partial charge on any atom is -0.453 e. The molecule has 0 saturated heterocycles. The zero-order valence-electron chi connectivity index (χ0n) is 16.1. The van der Waals surface area contributed by atoms with E-state index in [0.29, 0.717) is 0 Å². The quantitative estimate of drug-likeness (QED) is 0.654. The van der Waals surface area contributed by atoms with Gasteiger partial charge in [0, 0.05) is 12.6 Å². The van der Waals surface area contributed by atoms with Gasteiger partial charge in [-0.3, -0.25) is 9.59 Å². The Kier molecular flexibility index (Phi) is 7.38. The van der Waals surface area contributed by atoms with Crippen molar-refractivity contribution < 1.29 is 22.7 Å². The van der Waals surface area contributed by atoms with Crippen molar-refractivity contribution in [2.45, 2.75) is 69.9 Å². The van der Waals surface area contributed by atoms with Gasteiger partial charge in [0.05, 0.1) is 11.3 Å². The average Bonchev–Trinajstić information content (AvgIpc) is 3.09. The SMILES string of the molecule is Cc1ccc(S(=O)(=O)NCCC(=O)OC(C)C(=O)NC2CCCC2)cc1C. The van der Waals surface area contributed by atoms with Crippen molar-refractivity contribution in [1.82, 2.24) is 10.0 Å². The molecule has 1 unspecified atom stereocenters. The van der Waals surface area contributed by atoms with Gasteiger partial charge in [-0.05, 0) is 56.9 Å². The van der Waals surface area contributed by atoms with E-state index >= 15 is 0 Å². The number of rotatable bonds is 8. The van der Waals surface area contributed by atoms with Crippen molar-refractivity contribution >= 4 is 21.9 Å². The van der Waals surface area contributed by atoms with Gasteiger partial charge in [0.1, 0.15) is 0 Å². The lowest BCUT2D eigenvalue weighted by molar-refractivity contribution is -0.154. The summed E-state index contributed by atoms with van der Waals surface area (Å²) < 4.78 is 32.0. The fourth-order valence-corrected chi connectivity index (χ4v) is 4.07. The van der Waals surface area contributed by atoms with Crippen molar-refractivity contribution in [3.05, 3.63) is 29.3 Å². The molecule has 150 valence electrons. The first-order chi connectivity index (χ1) is 12.7. The summed E-state index contributed by atoms with van der Waals surface area (Å²) in [6.45, 7) is 5.16. The van der Waals surface area contributed by atoms with E-state index < -0.39 is 22.1 Å². The zero-order chi connectivity index (χ0) is 20.0. The van der Waals surface area contributed by atoms with Crippen molar-refractivity contribution in [2.75, 3.05) is 6.54 Å². The largest absolute Gasteiger partial charge is 0.453 e. The van der Waals surface area contributed by atoms with Crippen LogP contribution in [-0.2, 0) is 24.3 Å². The number of amides is 1. The maximum atomic E-state index is 12.3. The molecule has 8 heteroatoms. The number of ether oxygens (including phenoxy) is 1. The van der Waals surface area contributed by atoms with Gasteiger partial charge >= 0.3 is 5.97 Å². The van der Waals surface area contributed by atoms with Crippen LogP contribution in [0, 0.1) is 13.8 Å². The topological polar surface area (TPSA) is 102 Å². The number of hydrogen-bond donors (Lipinski definition) is 2. The Morgan fingerprint density at radius 2 is 1.85 bits per heavy atom. The summed E-state index contributed by atoms with van der Waals surface area (Å²) in [4.78, 5) is 24.0. The van der Waals surface area contributed by atoms with E-state index in [1.165, 1.54) is 13.0 Å². The van der Waals surface area contributed by atoms with Crippen LogP contribution in [0.1, 0.15) is 50.2 Å². The second kappa shape index (κ2) is 9.32. The molecule has 1 aliphatic rings. The molecule has 2 rings (SSSR count). The Labute approximate surface area is 160 Å². The summed E-state index contributed by atoms with van der Waals surface area (Å²) in [5, 5.41) is 2.87. The van der Waals surface area contributed by atoms with Crippen molar-refractivity contribution in [1.29, 1.82) is 0 Å². The summed E-state index contributed by atoms with van der Waals surface area (Å²) in [6, 6.07) is 5.01. The van der Waals surface area contributed by atoms with Crippen LogP contribution in [-0.4, -0.2) is 39.0 Å². The first kappa shape index (κ1) is 21.4. The van der Waals surface area contributed by atoms with Crippen LogP contribution in [0.3, 0.4) is 0 Å². The van der Waals surface area contributed by atoms with Crippen LogP contribution in [0.15, 0.2) is 23.1 Å². The van der Waals surface area contributed by atoms with Crippen LogP contribution in [0.4, 0.5) is 0 Å². The van der Waals surface area contributed by atoms with Gasteiger partial charge in [0.25, 0.3) is 5.91 Å². The summed E-state index contributed by atoms with van der Waals surface area (Å²) in [5.74, 6) is -0.933. The fraction of sp³-hybridized carbons (Fsp3) is 0.579. The molecule has 0 bridgehead atoms. The molecule has 0 radical (unpaired) electrons. The molecule has 27 heavy (non-hydrogen) atoms. The van der Waals surface area contributed by atoms with Gasteiger partial charge in [-0.15, -0.1) is 0 Å². The molecule has 1 aliphatic carbocycles. The van der Waals surface area contributed by atoms with Gasteiger partial charge in [-0.25, -0.2) is 13.1 Å². The third kappa shape index (κ3) is 6.32. The Morgan fingerprint density at radius 1 is 1.19 bits per heavy atom. The van der Waals surface area contributed by atoms with E-state index in [1.807, 2.05) is 13.8 Å². The van der Waals surface area contributed by atoms with E-state index in [0.717, 1.165) is 36.8 Å². The maximum Gasteiger partial charge on any atom is 0.307 e. The lowest BCUT2D eigenvalue weighted by Gasteiger charge is -2.17. The molecule has 1 atom stereocenters. The number of carbonyl (C=O) groups is 2. The number of carbonyl (C=O) groups excluding carboxylic acids is 2. The van der Waals surface area contributed by atoms with Crippen molar-refractivity contribution in [3.63, 3.8) is 0 Å². The lowest BCUT2D eigenvalue weighted by atomic mass is 10.1. The third-order valence-corrected chi connectivity index (χ3v) is 6.25. The molecule has 1 fully saturated rings. The number of sulfonamides is 1. The molecule has 0 spiro atoms. The highest BCUT2D eigenvalue weighted by Crippen LogP contribution is 2.18. The Hall–Kier alpha value is -1.93. The van der Waals surface area contributed by atoms with Gasteiger partial charge in [-0.1, -0.05) is 18.9 Å². The van der Waals surface area contributed by atoms with E-state index in [1.54, 1.807) is 12.1 Å². The number of hydrogen-bond acceptors (Lipinski definition) is 5. The van der Waals surface area contributed by atoms with Crippen LogP contribution < -0.4 is 10.0 Å². The third-order valence-electron chi connectivity index (χ3n) is 4.79. The van der Waals surface area contributed by atoms with Crippen LogP contribution in [0.25, 0.3) is 0 Å². The molecular weight excluding hydrogens is 368 g/mol. The molecule has 1 aromatic rings. The Balaban J connectivity index is 1.77. The van der Waals surface area contributed by atoms with Crippen LogP contribution >= 0.6 is 0 Å². The Bertz CT molecular complexity index is 785. The number of benzene rings is 1. The van der Waals surface area contributed by atoms with Crippen molar-refractivity contribution in [2.24, 2.45) is 0 Å². The van der Waals surface area contributed by atoms with E-state index in [-0.39, 0.29) is 29.8 Å². The zero-order valence-corrected chi connectivity index (χ0v) is 16.9. The molecular formula is C19H28N2O5S. The maximum absolute atomic E-state index is 12.3. The lowest BCUT2D eigenvalue weighted by Crippen LogP contribution is -2.41. The van der Waals surface area contributed by atoms with E-state index in [4.69, 9.17) is 4.74 Å². The molecule has 0 aliphatic heterocycles. The van der Waals surface area contributed by atoms with E-state index in [2.05, 4.69) is 10.0 Å². The van der Waals surface area contributed by atoms with Crippen molar-refractivity contribution in [3.8, 4) is 0 Å². The van der Waals surface area contributed by atoms with Gasteiger partial charge in [0.2, 0.25) is 10.0 Å². The molecule has 7 nitrogen and oxygen atoms in total. The summed E-state index contributed by atoms with van der Waals surface area (Å²) in [6.07, 6.45) is 3.05. The smallest absolute Gasteiger partial charge is 0.307 e. The molecule has 1 aromatic carbocycles. The standard InChI is InChI=1S/C19H28N2O5S/c1-13-8-9-17(12-14(13)2)27(24,25)20-11-10-18(22)26-15(3)19(23)21-16-6-4-5-7-16/h8-9,12,15-16,20H,4-7,10-11H2,1-3H3,(H,21,23).